The van der Waals surface area contributed by atoms with Crippen LogP contribution in [0.5, 0.6) is 0 Å². The highest BCUT2D eigenvalue weighted by atomic mass is 16.5. The van der Waals surface area contributed by atoms with E-state index in [-0.39, 0.29) is 29.4 Å². The van der Waals surface area contributed by atoms with Gasteiger partial charge in [-0.25, -0.2) is 0 Å². The minimum Gasteiger partial charge on any atom is -0.374 e. The SMILES string of the molecule is CC(N)COC(C)(C)CC(C)OC(C)(C)CC(C)N. The molecule has 4 heteroatoms. The van der Waals surface area contributed by atoms with E-state index in [4.69, 9.17) is 20.9 Å². The average Bonchev–Trinajstić information content (AvgIpc) is 2.09. The zero-order valence-corrected chi connectivity index (χ0v) is 13.8. The van der Waals surface area contributed by atoms with Crippen LogP contribution in [0.4, 0.5) is 0 Å². The molecule has 4 N–H and O–H groups in total. The number of ether oxygens (including phenoxy) is 2. The van der Waals surface area contributed by atoms with Crippen LogP contribution in [0.1, 0.15) is 61.3 Å². The van der Waals surface area contributed by atoms with E-state index < -0.39 is 0 Å². The van der Waals surface area contributed by atoms with E-state index in [0.29, 0.717) is 6.61 Å². The van der Waals surface area contributed by atoms with Crippen LogP contribution in [-0.2, 0) is 9.47 Å². The maximum absolute atomic E-state index is 6.10. The summed E-state index contributed by atoms with van der Waals surface area (Å²) in [6, 6.07) is 0.203. The summed E-state index contributed by atoms with van der Waals surface area (Å²) in [4.78, 5) is 0. The predicted molar refractivity (Wildman–Crippen MR) is 81.2 cm³/mol. The first-order valence-electron chi connectivity index (χ1n) is 7.26. The molecule has 0 aliphatic heterocycles. The molecule has 116 valence electrons. The Morgan fingerprint density at radius 2 is 1.37 bits per heavy atom. The van der Waals surface area contributed by atoms with Crippen LogP contribution in [0.25, 0.3) is 0 Å². The van der Waals surface area contributed by atoms with Gasteiger partial charge in [-0.1, -0.05) is 0 Å². The minimum absolute atomic E-state index is 0.0602. The number of hydrogen-bond acceptors (Lipinski definition) is 4. The molecule has 3 atom stereocenters. The molecule has 0 heterocycles. The van der Waals surface area contributed by atoms with Gasteiger partial charge in [-0.05, 0) is 54.9 Å². The molecular formula is C15H34N2O2. The molecule has 0 aliphatic carbocycles. The van der Waals surface area contributed by atoms with Crippen molar-refractivity contribution < 1.29 is 9.47 Å². The van der Waals surface area contributed by atoms with Crippen molar-refractivity contribution >= 4 is 0 Å². The zero-order valence-electron chi connectivity index (χ0n) is 13.8. The Bertz CT molecular complexity index is 251. The summed E-state index contributed by atoms with van der Waals surface area (Å²) in [5, 5.41) is 0. The van der Waals surface area contributed by atoms with Gasteiger partial charge in [0, 0.05) is 18.5 Å². The molecule has 0 aliphatic rings. The van der Waals surface area contributed by atoms with Crippen LogP contribution in [0.2, 0.25) is 0 Å². The molecule has 0 aromatic heterocycles. The van der Waals surface area contributed by atoms with E-state index in [1.165, 1.54) is 0 Å². The van der Waals surface area contributed by atoms with Crippen LogP contribution in [0.3, 0.4) is 0 Å². The molecule has 4 nitrogen and oxygen atoms in total. The van der Waals surface area contributed by atoms with Crippen molar-refractivity contribution in [2.24, 2.45) is 11.5 Å². The Morgan fingerprint density at radius 1 is 0.842 bits per heavy atom. The van der Waals surface area contributed by atoms with E-state index in [2.05, 4.69) is 34.6 Å². The van der Waals surface area contributed by atoms with Crippen molar-refractivity contribution in [2.45, 2.75) is 90.7 Å². The molecule has 0 aromatic carbocycles. The highest BCUT2D eigenvalue weighted by Crippen LogP contribution is 2.24. The van der Waals surface area contributed by atoms with Gasteiger partial charge in [0.25, 0.3) is 0 Å². The highest BCUT2D eigenvalue weighted by Gasteiger charge is 2.28. The third-order valence-corrected chi connectivity index (χ3v) is 2.85. The lowest BCUT2D eigenvalue weighted by atomic mass is 9.97. The van der Waals surface area contributed by atoms with Crippen molar-refractivity contribution in [1.82, 2.24) is 0 Å². The normalized spacial score (nSPS) is 18.2. The third kappa shape index (κ3) is 10.3. The van der Waals surface area contributed by atoms with Crippen LogP contribution in [0, 0.1) is 0 Å². The summed E-state index contributed by atoms with van der Waals surface area (Å²) >= 11 is 0. The molecule has 0 rings (SSSR count). The van der Waals surface area contributed by atoms with E-state index in [9.17, 15) is 0 Å². The first-order chi connectivity index (χ1) is 8.43. The molecule has 0 saturated carbocycles. The second-order valence-corrected chi connectivity index (χ2v) is 7.12. The minimum atomic E-state index is -0.225. The van der Waals surface area contributed by atoms with Gasteiger partial charge in [0.15, 0.2) is 0 Å². The summed E-state index contributed by atoms with van der Waals surface area (Å²) in [6.45, 7) is 14.9. The molecule has 19 heavy (non-hydrogen) atoms. The largest absolute Gasteiger partial charge is 0.374 e. The molecule has 0 aromatic rings. The molecule has 3 unspecified atom stereocenters. The zero-order chi connectivity index (χ0) is 15.3. The van der Waals surface area contributed by atoms with Gasteiger partial charge in [0.1, 0.15) is 0 Å². The molecule has 0 amide bonds. The van der Waals surface area contributed by atoms with Crippen molar-refractivity contribution in [3.05, 3.63) is 0 Å². The van der Waals surface area contributed by atoms with Crippen LogP contribution in [-0.4, -0.2) is 36.0 Å². The monoisotopic (exact) mass is 274 g/mol. The van der Waals surface area contributed by atoms with Gasteiger partial charge in [0.2, 0.25) is 0 Å². The molecule has 0 spiro atoms. The summed E-state index contributed by atoms with van der Waals surface area (Å²) in [5.41, 5.74) is 11.1. The fourth-order valence-electron chi connectivity index (χ4n) is 2.52. The second kappa shape index (κ2) is 7.58. The number of hydrogen-bond donors (Lipinski definition) is 2. The maximum Gasteiger partial charge on any atom is 0.0651 e. The van der Waals surface area contributed by atoms with Crippen molar-refractivity contribution in [3.63, 3.8) is 0 Å². The highest BCUT2D eigenvalue weighted by molar-refractivity contribution is 4.79. The summed E-state index contributed by atoms with van der Waals surface area (Å²) in [6.07, 6.45) is 1.80. The smallest absolute Gasteiger partial charge is 0.0651 e. The second-order valence-electron chi connectivity index (χ2n) is 7.12. The van der Waals surface area contributed by atoms with E-state index in [1.807, 2.05) is 13.8 Å². The van der Waals surface area contributed by atoms with Gasteiger partial charge in [-0.2, -0.15) is 0 Å². The Balaban J connectivity index is 4.24. The molecule has 0 radical (unpaired) electrons. The summed E-state index contributed by atoms with van der Waals surface area (Å²) in [7, 11) is 0. The Kier molecular flexibility index (Phi) is 7.51. The first kappa shape index (κ1) is 18.8. The number of nitrogens with two attached hydrogens (primary N) is 2. The van der Waals surface area contributed by atoms with Crippen molar-refractivity contribution in [1.29, 1.82) is 0 Å². The Hall–Kier alpha value is -0.160. The lowest BCUT2D eigenvalue weighted by Crippen LogP contribution is -2.39. The molecular weight excluding hydrogens is 240 g/mol. The van der Waals surface area contributed by atoms with E-state index in [1.54, 1.807) is 0 Å². The standard InChI is InChI=1S/C15H34N2O2/c1-11(16)8-15(6,7)19-13(3)9-14(4,5)18-10-12(2)17/h11-13H,8-10,16-17H2,1-7H3. The van der Waals surface area contributed by atoms with Gasteiger partial charge in [-0.15, -0.1) is 0 Å². The topological polar surface area (TPSA) is 70.5 Å². The molecule has 0 bridgehead atoms. The first-order valence-corrected chi connectivity index (χ1v) is 7.26. The maximum atomic E-state index is 6.10. The van der Waals surface area contributed by atoms with Crippen LogP contribution < -0.4 is 11.5 Å². The van der Waals surface area contributed by atoms with E-state index >= 15 is 0 Å². The van der Waals surface area contributed by atoms with Crippen LogP contribution in [0.15, 0.2) is 0 Å². The quantitative estimate of drug-likeness (QED) is 0.677. The Morgan fingerprint density at radius 3 is 1.79 bits per heavy atom. The van der Waals surface area contributed by atoms with Gasteiger partial charge >= 0.3 is 0 Å². The van der Waals surface area contributed by atoms with Gasteiger partial charge < -0.3 is 20.9 Å². The molecule has 0 fully saturated rings. The lowest BCUT2D eigenvalue weighted by molar-refractivity contribution is -0.112. The Labute approximate surface area is 119 Å². The van der Waals surface area contributed by atoms with Gasteiger partial charge in [0.05, 0.1) is 23.9 Å². The average molecular weight is 274 g/mol. The predicted octanol–water partition coefficient (Wildman–Crippen LogP) is 2.44. The van der Waals surface area contributed by atoms with Gasteiger partial charge in [-0.3, -0.25) is 0 Å². The number of rotatable bonds is 9. The third-order valence-electron chi connectivity index (χ3n) is 2.85. The molecule has 0 saturated heterocycles. The lowest BCUT2D eigenvalue weighted by Gasteiger charge is -2.35. The van der Waals surface area contributed by atoms with E-state index in [0.717, 1.165) is 12.8 Å². The fraction of sp³-hybridized carbons (Fsp3) is 1.00. The summed E-state index contributed by atoms with van der Waals surface area (Å²) in [5.74, 6) is 0. The van der Waals surface area contributed by atoms with Crippen LogP contribution >= 0.6 is 0 Å². The fourth-order valence-corrected chi connectivity index (χ4v) is 2.52. The van der Waals surface area contributed by atoms with Crippen molar-refractivity contribution in [2.75, 3.05) is 6.61 Å². The summed E-state index contributed by atoms with van der Waals surface area (Å²) < 4.78 is 11.9. The van der Waals surface area contributed by atoms with Crippen molar-refractivity contribution in [3.8, 4) is 0 Å².